The Kier molecular flexibility index (Phi) is 5.32. The lowest BCUT2D eigenvalue weighted by Gasteiger charge is -2.15. The minimum Gasteiger partial charge on any atom is -0.502 e. The lowest BCUT2D eigenvalue weighted by molar-refractivity contribution is 0.242. The van der Waals surface area contributed by atoms with Crippen molar-refractivity contribution in [3.8, 4) is 0 Å². The number of rotatable bonds is 6. The van der Waals surface area contributed by atoms with Crippen LogP contribution >= 0.6 is 11.8 Å². The molecule has 1 saturated heterocycles. The Labute approximate surface area is 85.1 Å². The molecule has 2 nitrogen and oxygen atoms in total. The zero-order chi connectivity index (χ0) is 9.52. The molecule has 2 unspecified atom stereocenters. The second-order valence-corrected chi connectivity index (χ2v) is 4.80. The van der Waals surface area contributed by atoms with Crippen LogP contribution in [0.2, 0.25) is 0 Å². The summed E-state index contributed by atoms with van der Waals surface area (Å²) < 4.78 is 5.04. The number of thioether (sulfide) groups is 1. The molecule has 0 amide bonds. The topological polar surface area (TPSA) is 21.3 Å². The van der Waals surface area contributed by atoms with Crippen LogP contribution in [-0.2, 0) is 4.74 Å². The van der Waals surface area contributed by atoms with Gasteiger partial charge in [-0.3, -0.25) is 0 Å². The fraction of sp³-hybridized carbons (Fsp3) is 0.800. The van der Waals surface area contributed by atoms with Crippen LogP contribution in [-0.4, -0.2) is 30.2 Å². The molecular formula is C10H19NOS. The predicted molar refractivity (Wildman–Crippen MR) is 59.1 cm³/mol. The highest BCUT2D eigenvalue weighted by Crippen LogP contribution is 2.25. The minimum atomic E-state index is 0.716. The van der Waals surface area contributed by atoms with Crippen LogP contribution in [0.15, 0.2) is 12.8 Å². The van der Waals surface area contributed by atoms with E-state index in [1.807, 2.05) is 0 Å². The third kappa shape index (κ3) is 4.05. The molecule has 0 aromatic rings. The predicted octanol–water partition coefficient (Wildman–Crippen LogP) is 2.02. The van der Waals surface area contributed by atoms with E-state index in [1.54, 1.807) is 0 Å². The van der Waals surface area contributed by atoms with Crippen LogP contribution < -0.4 is 5.32 Å². The Balaban J connectivity index is 1.95. The van der Waals surface area contributed by atoms with Gasteiger partial charge in [0.05, 0.1) is 12.9 Å². The third-order valence-corrected chi connectivity index (χ3v) is 3.67. The van der Waals surface area contributed by atoms with Gasteiger partial charge in [0.2, 0.25) is 0 Å². The molecule has 0 aromatic heterocycles. The van der Waals surface area contributed by atoms with E-state index >= 15 is 0 Å². The molecule has 0 radical (unpaired) electrons. The van der Waals surface area contributed by atoms with Gasteiger partial charge in [-0.2, -0.15) is 11.8 Å². The van der Waals surface area contributed by atoms with Crippen LogP contribution in [0.4, 0.5) is 0 Å². The Bertz CT molecular complexity index is 152. The molecule has 1 N–H and O–H groups in total. The van der Waals surface area contributed by atoms with Crippen LogP contribution in [0.1, 0.15) is 19.8 Å². The summed E-state index contributed by atoms with van der Waals surface area (Å²) in [6.45, 7) is 7.64. The molecule has 1 fully saturated rings. The molecule has 1 heterocycles. The molecule has 13 heavy (non-hydrogen) atoms. The van der Waals surface area contributed by atoms with Crippen LogP contribution in [0.5, 0.6) is 0 Å². The Hall–Kier alpha value is -0.150. The van der Waals surface area contributed by atoms with Crippen molar-refractivity contribution in [2.45, 2.75) is 31.1 Å². The SMILES string of the molecule is C=COCCCNC1CCSC1C. The fourth-order valence-corrected chi connectivity index (χ4v) is 2.75. The van der Waals surface area contributed by atoms with Crippen LogP contribution in [0.25, 0.3) is 0 Å². The summed E-state index contributed by atoms with van der Waals surface area (Å²) in [5, 5.41) is 4.33. The highest BCUT2D eigenvalue weighted by atomic mass is 32.2. The van der Waals surface area contributed by atoms with Gasteiger partial charge in [0.15, 0.2) is 0 Å². The molecule has 0 aromatic carbocycles. The fourth-order valence-electron chi connectivity index (χ4n) is 1.53. The van der Waals surface area contributed by atoms with Crippen molar-refractivity contribution in [3.05, 3.63) is 12.8 Å². The summed E-state index contributed by atoms with van der Waals surface area (Å²) in [6, 6.07) is 0.716. The standard InChI is InChI=1S/C10H19NOS/c1-3-12-7-4-6-11-10-5-8-13-9(10)2/h3,9-11H,1,4-8H2,2H3. The van der Waals surface area contributed by atoms with Gasteiger partial charge in [-0.05, 0) is 25.1 Å². The Morgan fingerprint density at radius 2 is 2.54 bits per heavy atom. The number of hydrogen-bond donors (Lipinski definition) is 1. The van der Waals surface area contributed by atoms with E-state index in [0.717, 1.165) is 24.8 Å². The summed E-state index contributed by atoms with van der Waals surface area (Å²) in [5.41, 5.74) is 0. The van der Waals surface area contributed by atoms with E-state index in [9.17, 15) is 0 Å². The lowest BCUT2D eigenvalue weighted by atomic mass is 10.2. The van der Waals surface area contributed by atoms with Crippen molar-refractivity contribution in [1.82, 2.24) is 5.32 Å². The van der Waals surface area contributed by atoms with Gasteiger partial charge >= 0.3 is 0 Å². The molecule has 0 aliphatic carbocycles. The van der Waals surface area contributed by atoms with E-state index in [1.165, 1.54) is 18.4 Å². The van der Waals surface area contributed by atoms with E-state index in [0.29, 0.717) is 6.04 Å². The summed E-state index contributed by atoms with van der Waals surface area (Å²) in [7, 11) is 0. The van der Waals surface area contributed by atoms with Gasteiger partial charge in [0.1, 0.15) is 0 Å². The van der Waals surface area contributed by atoms with Crippen molar-refractivity contribution >= 4 is 11.8 Å². The number of nitrogens with one attached hydrogen (secondary N) is 1. The van der Waals surface area contributed by atoms with Crippen molar-refractivity contribution in [3.63, 3.8) is 0 Å². The van der Waals surface area contributed by atoms with Crippen molar-refractivity contribution in [1.29, 1.82) is 0 Å². The second kappa shape index (κ2) is 6.33. The molecule has 0 bridgehead atoms. The van der Waals surface area contributed by atoms with Gasteiger partial charge in [0.25, 0.3) is 0 Å². The van der Waals surface area contributed by atoms with E-state index in [4.69, 9.17) is 4.74 Å². The molecule has 0 saturated carbocycles. The minimum absolute atomic E-state index is 0.716. The second-order valence-electron chi connectivity index (χ2n) is 3.32. The third-order valence-electron chi connectivity index (χ3n) is 2.34. The first-order valence-corrected chi connectivity index (χ1v) is 5.97. The largest absolute Gasteiger partial charge is 0.502 e. The highest BCUT2D eigenvalue weighted by Gasteiger charge is 2.22. The normalized spacial score (nSPS) is 27.5. The van der Waals surface area contributed by atoms with Gasteiger partial charge < -0.3 is 10.1 Å². The maximum Gasteiger partial charge on any atom is 0.0885 e. The quantitative estimate of drug-likeness (QED) is 0.525. The van der Waals surface area contributed by atoms with Gasteiger partial charge in [-0.25, -0.2) is 0 Å². The average Bonchev–Trinajstić information content (AvgIpc) is 2.52. The smallest absolute Gasteiger partial charge is 0.0885 e. The van der Waals surface area contributed by atoms with Gasteiger partial charge in [-0.1, -0.05) is 13.5 Å². The molecule has 1 rings (SSSR count). The maximum absolute atomic E-state index is 5.04. The number of ether oxygens (including phenoxy) is 1. The Morgan fingerprint density at radius 1 is 1.69 bits per heavy atom. The van der Waals surface area contributed by atoms with Crippen molar-refractivity contribution < 1.29 is 4.74 Å². The molecular weight excluding hydrogens is 182 g/mol. The highest BCUT2D eigenvalue weighted by molar-refractivity contribution is 8.00. The first-order valence-electron chi connectivity index (χ1n) is 4.92. The zero-order valence-electron chi connectivity index (χ0n) is 8.29. The lowest BCUT2D eigenvalue weighted by Crippen LogP contribution is -2.34. The number of hydrogen-bond acceptors (Lipinski definition) is 3. The van der Waals surface area contributed by atoms with E-state index in [2.05, 4.69) is 30.6 Å². The van der Waals surface area contributed by atoms with Gasteiger partial charge in [-0.15, -0.1) is 0 Å². The Morgan fingerprint density at radius 3 is 3.15 bits per heavy atom. The molecule has 1 aliphatic rings. The zero-order valence-corrected chi connectivity index (χ0v) is 9.11. The monoisotopic (exact) mass is 201 g/mol. The molecule has 1 aliphatic heterocycles. The average molecular weight is 201 g/mol. The maximum atomic E-state index is 5.04. The van der Waals surface area contributed by atoms with Crippen molar-refractivity contribution in [2.24, 2.45) is 0 Å². The van der Waals surface area contributed by atoms with E-state index in [-0.39, 0.29) is 0 Å². The van der Waals surface area contributed by atoms with Crippen LogP contribution in [0.3, 0.4) is 0 Å². The summed E-state index contributed by atoms with van der Waals surface area (Å²) in [5.74, 6) is 1.31. The summed E-state index contributed by atoms with van der Waals surface area (Å²) in [6.07, 6.45) is 3.89. The first-order chi connectivity index (χ1) is 6.34. The summed E-state index contributed by atoms with van der Waals surface area (Å²) in [4.78, 5) is 0. The van der Waals surface area contributed by atoms with Crippen molar-refractivity contribution in [2.75, 3.05) is 18.9 Å². The summed E-state index contributed by atoms with van der Waals surface area (Å²) >= 11 is 2.06. The van der Waals surface area contributed by atoms with E-state index < -0.39 is 0 Å². The molecule has 0 spiro atoms. The molecule has 2 atom stereocenters. The molecule has 76 valence electrons. The molecule has 3 heteroatoms. The van der Waals surface area contributed by atoms with Crippen LogP contribution in [0, 0.1) is 0 Å². The van der Waals surface area contributed by atoms with Gasteiger partial charge in [0, 0.05) is 11.3 Å². The first kappa shape index (κ1) is 10.9.